The normalized spacial score (nSPS) is 19.3. The van der Waals surface area contributed by atoms with Gasteiger partial charge in [-0.1, -0.05) is 15.9 Å². The fourth-order valence-electron chi connectivity index (χ4n) is 1.88. The van der Waals surface area contributed by atoms with E-state index in [-0.39, 0.29) is 17.6 Å². The number of benzene rings is 1. The Morgan fingerprint density at radius 3 is 3.12 bits per heavy atom. The number of nitrogens with one attached hydrogen (secondary N) is 2. The lowest BCUT2D eigenvalue weighted by Crippen LogP contribution is -2.31. The molecule has 0 aromatic heterocycles. The highest BCUT2D eigenvalue weighted by Crippen LogP contribution is 2.18. The smallest absolute Gasteiger partial charge is 0.224 e. The number of carbonyl (C=O) groups is 1. The first kappa shape index (κ1) is 12.5. The number of hydrogen-bond donors (Lipinski definition) is 2. The van der Waals surface area contributed by atoms with Gasteiger partial charge in [0.05, 0.1) is 5.92 Å². The first-order valence-electron chi connectivity index (χ1n) is 5.59. The standard InChI is InChI=1S/C12H14BrFN2O/c13-11-2-1-10(14)5-9(11)7-16-12(17)8-3-4-15-6-8/h1-2,5,8,15H,3-4,6-7H2,(H,16,17). The number of carbonyl (C=O) groups excluding carboxylic acids is 1. The Kier molecular flexibility index (Phi) is 4.12. The summed E-state index contributed by atoms with van der Waals surface area (Å²) in [6.45, 7) is 1.98. The average molecular weight is 301 g/mol. The summed E-state index contributed by atoms with van der Waals surface area (Å²) in [4.78, 5) is 11.8. The Morgan fingerprint density at radius 2 is 2.41 bits per heavy atom. The van der Waals surface area contributed by atoms with Crippen molar-refractivity contribution in [2.45, 2.75) is 13.0 Å². The van der Waals surface area contributed by atoms with Gasteiger partial charge in [0.1, 0.15) is 5.82 Å². The molecule has 1 heterocycles. The van der Waals surface area contributed by atoms with E-state index in [0.717, 1.165) is 29.5 Å². The van der Waals surface area contributed by atoms with E-state index >= 15 is 0 Å². The molecule has 1 amide bonds. The van der Waals surface area contributed by atoms with Gasteiger partial charge >= 0.3 is 0 Å². The minimum absolute atomic E-state index is 0.0335. The van der Waals surface area contributed by atoms with Crippen molar-refractivity contribution >= 4 is 21.8 Å². The highest BCUT2D eigenvalue weighted by Gasteiger charge is 2.21. The Morgan fingerprint density at radius 1 is 1.59 bits per heavy atom. The van der Waals surface area contributed by atoms with Gasteiger partial charge in [0.25, 0.3) is 0 Å². The number of amides is 1. The fraction of sp³-hybridized carbons (Fsp3) is 0.417. The Hall–Kier alpha value is -0.940. The van der Waals surface area contributed by atoms with Crippen molar-refractivity contribution in [1.82, 2.24) is 10.6 Å². The molecule has 0 bridgehead atoms. The van der Waals surface area contributed by atoms with Crippen molar-refractivity contribution in [3.05, 3.63) is 34.1 Å². The second-order valence-electron chi connectivity index (χ2n) is 4.14. The predicted molar refractivity (Wildman–Crippen MR) is 66.9 cm³/mol. The zero-order valence-electron chi connectivity index (χ0n) is 9.30. The van der Waals surface area contributed by atoms with Crippen LogP contribution in [0.3, 0.4) is 0 Å². The molecule has 2 rings (SSSR count). The van der Waals surface area contributed by atoms with Crippen molar-refractivity contribution in [3.8, 4) is 0 Å². The van der Waals surface area contributed by atoms with Gasteiger partial charge in [-0.25, -0.2) is 4.39 Å². The monoisotopic (exact) mass is 300 g/mol. The van der Waals surface area contributed by atoms with Crippen molar-refractivity contribution in [3.63, 3.8) is 0 Å². The Labute approximate surface area is 108 Å². The molecule has 17 heavy (non-hydrogen) atoms. The molecule has 1 aromatic carbocycles. The van der Waals surface area contributed by atoms with Gasteiger partial charge in [-0.15, -0.1) is 0 Å². The summed E-state index contributed by atoms with van der Waals surface area (Å²) in [7, 11) is 0. The third-order valence-electron chi connectivity index (χ3n) is 2.89. The third kappa shape index (κ3) is 3.26. The van der Waals surface area contributed by atoms with Gasteiger partial charge in [-0.2, -0.15) is 0 Å². The molecule has 0 spiro atoms. The number of rotatable bonds is 3. The average Bonchev–Trinajstić information content (AvgIpc) is 2.83. The van der Waals surface area contributed by atoms with E-state index in [9.17, 15) is 9.18 Å². The molecule has 92 valence electrons. The van der Waals surface area contributed by atoms with Gasteiger partial charge in [0.2, 0.25) is 5.91 Å². The molecule has 1 saturated heterocycles. The van der Waals surface area contributed by atoms with E-state index in [2.05, 4.69) is 26.6 Å². The zero-order valence-corrected chi connectivity index (χ0v) is 10.9. The minimum atomic E-state index is -0.292. The minimum Gasteiger partial charge on any atom is -0.352 e. The summed E-state index contributed by atoms with van der Waals surface area (Å²) in [5, 5.41) is 5.98. The van der Waals surface area contributed by atoms with Crippen molar-refractivity contribution in [2.75, 3.05) is 13.1 Å². The molecule has 3 nitrogen and oxygen atoms in total. The van der Waals surface area contributed by atoms with Crippen LogP contribution in [-0.2, 0) is 11.3 Å². The van der Waals surface area contributed by atoms with E-state index in [1.165, 1.54) is 12.1 Å². The van der Waals surface area contributed by atoms with E-state index in [1.807, 2.05) is 0 Å². The molecule has 1 unspecified atom stereocenters. The van der Waals surface area contributed by atoms with Crippen LogP contribution in [0, 0.1) is 11.7 Å². The highest BCUT2D eigenvalue weighted by molar-refractivity contribution is 9.10. The Balaban J connectivity index is 1.92. The van der Waals surface area contributed by atoms with Crippen LogP contribution < -0.4 is 10.6 Å². The van der Waals surface area contributed by atoms with Gasteiger partial charge in [0, 0.05) is 17.6 Å². The maximum absolute atomic E-state index is 13.0. The van der Waals surface area contributed by atoms with Crippen molar-refractivity contribution < 1.29 is 9.18 Å². The van der Waals surface area contributed by atoms with Crippen LogP contribution in [0.25, 0.3) is 0 Å². The molecule has 0 radical (unpaired) electrons. The lowest BCUT2D eigenvalue weighted by Gasteiger charge is -2.11. The summed E-state index contributed by atoms with van der Waals surface area (Å²) in [5.74, 6) is -0.214. The zero-order chi connectivity index (χ0) is 12.3. The van der Waals surface area contributed by atoms with Crippen molar-refractivity contribution in [2.24, 2.45) is 5.92 Å². The van der Waals surface area contributed by atoms with Gasteiger partial charge in [-0.05, 0) is 36.7 Å². The summed E-state index contributed by atoms with van der Waals surface area (Å²) in [5.41, 5.74) is 0.754. The molecule has 0 aliphatic carbocycles. The van der Waals surface area contributed by atoms with Gasteiger partial charge in [0.15, 0.2) is 0 Å². The predicted octanol–water partition coefficient (Wildman–Crippen LogP) is 1.81. The van der Waals surface area contributed by atoms with Crippen LogP contribution in [0.4, 0.5) is 4.39 Å². The third-order valence-corrected chi connectivity index (χ3v) is 3.67. The molecule has 1 aliphatic rings. The first-order chi connectivity index (χ1) is 8.16. The fourth-order valence-corrected chi connectivity index (χ4v) is 2.27. The molecular formula is C12H14BrFN2O. The second kappa shape index (κ2) is 5.60. The van der Waals surface area contributed by atoms with E-state index in [4.69, 9.17) is 0 Å². The van der Waals surface area contributed by atoms with E-state index in [1.54, 1.807) is 6.07 Å². The first-order valence-corrected chi connectivity index (χ1v) is 6.38. The Bertz CT molecular complexity index is 419. The largest absolute Gasteiger partial charge is 0.352 e. The summed E-state index contributed by atoms with van der Waals surface area (Å²) in [6.07, 6.45) is 0.871. The van der Waals surface area contributed by atoms with E-state index < -0.39 is 0 Å². The summed E-state index contributed by atoms with van der Waals surface area (Å²) >= 11 is 3.33. The highest BCUT2D eigenvalue weighted by atomic mass is 79.9. The van der Waals surface area contributed by atoms with Gasteiger partial charge in [-0.3, -0.25) is 4.79 Å². The van der Waals surface area contributed by atoms with E-state index in [0.29, 0.717) is 6.54 Å². The quantitative estimate of drug-likeness (QED) is 0.894. The summed E-state index contributed by atoms with van der Waals surface area (Å²) < 4.78 is 13.8. The molecule has 0 saturated carbocycles. The molecule has 2 N–H and O–H groups in total. The molecular weight excluding hydrogens is 287 g/mol. The molecule has 1 fully saturated rings. The van der Waals surface area contributed by atoms with Crippen LogP contribution in [0.1, 0.15) is 12.0 Å². The lowest BCUT2D eigenvalue weighted by molar-refractivity contribution is -0.124. The molecule has 1 atom stereocenters. The number of hydrogen-bond acceptors (Lipinski definition) is 2. The number of halogens is 2. The maximum atomic E-state index is 13.0. The summed E-state index contributed by atoms with van der Waals surface area (Å²) in [6, 6.07) is 4.46. The SMILES string of the molecule is O=C(NCc1cc(F)ccc1Br)C1CCNC1. The van der Waals surface area contributed by atoms with Crippen molar-refractivity contribution in [1.29, 1.82) is 0 Å². The van der Waals surface area contributed by atoms with Crippen LogP contribution in [0.15, 0.2) is 22.7 Å². The molecule has 1 aliphatic heterocycles. The van der Waals surface area contributed by atoms with Crippen LogP contribution in [0.5, 0.6) is 0 Å². The van der Waals surface area contributed by atoms with Crippen LogP contribution in [-0.4, -0.2) is 19.0 Å². The molecule has 1 aromatic rings. The lowest BCUT2D eigenvalue weighted by atomic mass is 10.1. The maximum Gasteiger partial charge on any atom is 0.224 e. The topological polar surface area (TPSA) is 41.1 Å². The van der Waals surface area contributed by atoms with Gasteiger partial charge < -0.3 is 10.6 Å². The van der Waals surface area contributed by atoms with Crippen LogP contribution in [0.2, 0.25) is 0 Å². The molecule has 5 heteroatoms. The second-order valence-corrected chi connectivity index (χ2v) is 5.00. The van der Waals surface area contributed by atoms with Crippen LogP contribution >= 0.6 is 15.9 Å².